The van der Waals surface area contributed by atoms with Crippen LogP contribution >= 0.6 is 11.6 Å². The predicted molar refractivity (Wildman–Crippen MR) is 119 cm³/mol. The van der Waals surface area contributed by atoms with Crippen molar-refractivity contribution in [2.45, 2.75) is 50.5 Å². The van der Waals surface area contributed by atoms with Crippen molar-refractivity contribution >= 4 is 23.3 Å². The molecule has 1 N–H and O–H groups in total. The molecule has 11 heteroatoms. The minimum atomic E-state index is -4.52. The number of rotatable bonds is 4. The third kappa shape index (κ3) is 4.06. The number of nitrogens with zero attached hydrogens (tertiary/aromatic N) is 5. The molecule has 5 rings (SSSR count). The standard InChI is InChI=1S/C23H20ClF3N6O/c1-12-3-5-15(20-28-7-2-8-29-20)19(31-12)22(34)33-14-4-6-18(33)17(10-14)32-21-16(24)9-13(11-30-21)23(25,26)27/h2-3,5,7-9,11,14,17-18H,4,6,10H2,1H3,(H,30,32). The summed E-state index contributed by atoms with van der Waals surface area (Å²) in [5.41, 5.74) is 0.632. The molecule has 3 aromatic rings. The van der Waals surface area contributed by atoms with E-state index in [-0.39, 0.29) is 40.6 Å². The van der Waals surface area contributed by atoms with E-state index in [1.54, 1.807) is 24.5 Å². The first kappa shape index (κ1) is 22.5. The first-order valence-electron chi connectivity index (χ1n) is 10.8. The molecule has 5 heterocycles. The van der Waals surface area contributed by atoms with Gasteiger partial charge in [0.15, 0.2) is 5.82 Å². The smallest absolute Gasteiger partial charge is 0.364 e. The Kier molecular flexibility index (Phi) is 5.63. The van der Waals surface area contributed by atoms with Gasteiger partial charge in [-0.2, -0.15) is 13.2 Å². The molecule has 1 amide bonds. The Hall–Kier alpha value is -3.27. The lowest BCUT2D eigenvalue weighted by Gasteiger charge is -2.26. The quantitative estimate of drug-likeness (QED) is 0.569. The van der Waals surface area contributed by atoms with Gasteiger partial charge in [0.25, 0.3) is 5.91 Å². The van der Waals surface area contributed by atoms with E-state index in [0.29, 0.717) is 23.5 Å². The second kappa shape index (κ2) is 8.50. The molecule has 3 aromatic heterocycles. The van der Waals surface area contributed by atoms with Gasteiger partial charge >= 0.3 is 6.18 Å². The molecule has 0 spiro atoms. The van der Waals surface area contributed by atoms with Gasteiger partial charge in [-0.3, -0.25) is 4.79 Å². The molecule has 2 aliphatic rings. The summed E-state index contributed by atoms with van der Waals surface area (Å²) in [7, 11) is 0. The van der Waals surface area contributed by atoms with Crippen molar-refractivity contribution in [3.8, 4) is 11.4 Å². The van der Waals surface area contributed by atoms with Crippen LogP contribution in [0.2, 0.25) is 5.02 Å². The normalized spacial score (nSPS) is 21.7. The summed E-state index contributed by atoms with van der Waals surface area (Å²) < 4.78 is 38.8. The van der Waals surface area contributed by atoms with Crippen molar-refractivity contribution in [3.63, 3.8) is 0 Å². The van der Waals surface area contributed by atoms with E-state index in [2.05, 4.69) is 25.3 Å². The van der Waals surface area contributed by atoms with E-state index >= 15 is 0 Å². The molecule has 0 radical (unpaired) electrons. The van der Waals surface area contributed by atoms with Gasteiger partial charge in [-0.25, -0.2) is 19.9 Å². The third-order valence-corrected chi connectivity index (χ3v) is 6.59. The first-order valence-corrected chi connectivity index (χ1v) is 11.2. The number of fused-ring (bicyclic) bond motifs is 2. The van der Waals surface area contributed by atoms with Gasteiger partial charge in [-0.05, 0) is 50.5 Å². The van der Waals surface area contributed by atoms with Gasteiger partial charge in [0.2, 0.25) is 0 Å². The summed E-state index contributed by atoms with van der Waals surface area (Å²) >= 11 is 6.09. The van der Waals surface area contributed by atoms with Crippen LogP contribution < -0.4 is 5.32 Å². The van der Waals surface area contributed by atoms with Gasteiger partial charge < -0.3 is 10.2 Å². The van der Waals surface area contributed by atoms with Gasteiger partial charge in [0.05, 0.1) is 22.2 Å². The summed E-state index contributed by atoms with van der Waals surface area (Å²) in [4.78, 5) is 32.5. The molecule has 3 atom stereocenters. The monoisotopic (exact) mass is 488 g/mol. The fourth-order valence-electron chi connectivity index (χ4n) is 4.80. The largest absolute Gasteiger partial charge is 0.417 e. The molecule has 34 heavy (non-hydrogen) atoms. The van der Waals surface area contributed by atoms with Crippen LogP contribution in [0.5, 0.6) is 0 Å². The second-order valence-corrected chi connectivity index (χ2v) is 8.88. The summed E-state index contributed by atoms with van der Waals surface area (Å²) in [5.74, 6) is 0.376. The average molecular weight is 489 g/mol. The molecule has 176 valence electrons. The Morgan fingerprint density at radius 1 is 1.18 bits per heavy atom. The number of nitrogens with one attached hydrogen (secondary N) is 1. The zero-order chi connectivity index (χ0) is 24.0. The maximum absolute atomic E-state index is 13.7. The van der Waals surface area contributed by atoms with Crippen molar-refractivity contribution in [1.82, 2.24) is 24.8 Å². The van der Waals surface area contributed by atoms with Crippen LogP contribution in [-0.2, 0) is 6.18 Å². The minimum absolute atomic E-state index is 0.0184. The molecule has 0 aliphatic carbocycles. The van der Waals surface area contributed by atoms with Crippen LogP contribution in [-0.4, -0.2) is 48.9 Å². The van der Waals surface area contributed by atoms with Crippen LogP contribution in [0.4, 0.5) is 19.0 Å². The van der Waals surface area contributed by atoms with Crippen LogP contribution in [0.25, 0.3) is 11.4 Å². The number of carbonyl (C=O) groups is 1. The molecule has 2 aliphatic heterocycles. The highest BCUT2D eigenvalue weighted by molar-refractivity contribution is 6.33. The minimum Gasteiger partial charge on any atom is -0.364 e. The van der Waals surface area contributed by atoms with Crippen molar-refractivity contribution in [2.24, 2.45) is 0 Å². The molecular formula is C23H20ClF3N6O. The van der Waals surface area contributed by atoms with E-state index < -0.39 is 11.7 Å². The van der Waals surface area contributed by atoms with Crippen molar-refractivity contribution in [3.05, 3.63) is 64.8 Å². The highest BCUT2D eigenvalue weighted by atomic mass is 35.5. The first-order chi connectivity index (χ1) is 16.2. The molecule has 0 saturated carbocycles. The number of aryl methyl sites for hydroxylation is 1. The summed E-state index contributed by atoms with van der Waals surface area (Å²) in [6.45, 7) is 1.81. The molecule has 3 unspecified atom stereocenters. The summed E-state index contributed by atoms with van der Waals surface area (Å²) in [5, 5.41) is 3.05. The zero-order valence-corrected chi connectivity index (χ0v) is 18.8. The number of aromatic nitrogens is 4. The van der Waals surface area contributed by atoms with Crippen molar-refractivity contribution < 1.29 is 18.0 Å². The summed E-state index contributed by atoms with van der Waals surface area (Å²) in [6, 6.07) is 5.79. The number of halogens is 4. The van der Waals surface area contributed by atoms with Gasteiger partial charge in [-0.15, -0.1) is 0 Å². The number of pyridine rings is 2. The maximum atomic E-state index is 13.7. The highest BCUT2D eigenvalue weighted by Crippen LogP contribution is 2.41. The third-order valence-electron chi connectivity index (χ3n) is 6.31. The fourth-order valence-corrected chi connectivity index (χ4v) is 5.02. The zero-order valence-electron chi connectivity index (χ0n) is 18.1. The SMILES string of the molecule is Cc1ccc(-c2ncccn2)c(C(=O)N2C3CCC2C(Nc2ncc(C(F)(F)F)cc2Cl)C3)n1. The van der Waals surface area contributed by atoms with Crippen LogP contribution in [0.3, 0.4) is 0 Å². The molecule has 2 fully saturated rings. The second-order valence-electron chi connectivity index (χ2n) is 8.47. The van der Waals surface area contributed by atoms with Gasteiger partial charge in [0.1, 0.15) is 11.5 Å². The topological polar surface area (TPSA) is 83.9 Å². The van der Waals surface area contributed by atoms with Gasteiger partial charge in [-0.1, -0.05) is 11.6 Å². The fraction of sp³-hybridized carbons (Fsp3) is 0.348. The molecule has 2 bridgehead atoms. The van der Waals surface area contributed by atoms with Crippen LogP contribution in [0.15, 0.2) is 42.9 Å². The Bertz CT molecular complexity index is 1240. The number of alkyl halides is 3. The van der Waals surface area contributed by atoms with Gasteiger partial charge in [0, 0.05) is 36.4 Å². The Balaban J connectivity index is 1.40. The highest BCUT2D eigenvalue weighted by Gasteiger charge is 2.49. The van der Waals surface area contributed by atoms with Crippen LogP contribution in [0, 0.1) is 6.92 Å². The molecule has 7 nitrogen and oxygen atoms in total. The van der Waals surface area contributed by atoms with E-state index in [1.165, 1.54) is 0 Å². The molecular weight excluding hydrogens is 469 g/mol. The lowest BCUT2D eigenvalue weighted by Crippen LogP contribution is -2.40. The van der Waals surface area contributed by atoms with Crippen molar-refractivity contribution in [2.75, 3.05) is 5.32 Å². The van der Waals surface area contributed by atoms with E-state index in [1.807, 2.05) is 17.9 Å². The molecule has 0 aromatic carbocycles. The number of carbonyl (C=O) groups excluding carboxylic acids is 1. The maximum Gasteiger partial charge on any atom is 0.417 e. The number of amides is 1. The number of anilines is 1. The van der Waals surface area contributed by atoms with E-state index in [9.17, 15) is 18.0 Å². The average Bonchev–Trinajstić information content (AvgIpc) is 3.37. The lowest BCUT2D eigenvalue weighted by molar-refractivity contribution is -0.137. The summed E-state index contributed by atoms with van der Waals surface area (Å²) in [6.07, 6.45) is 1.69. The Morgan fingerprint density at radius 2 is 1.94 bits per heavy atom. The Morgan fingerprint density at radius 3 is 2.65 bits per heavy atom. The Labute approximate surface area is 198 Å². The van der Waals surface area contributed by atoms with Crippen molar-refractivity contribution in [1.29, 1.82) is 0 Å². The number of hydrogen-bond donors (Lipinski definition) is 1. The van der Waals surface area contributed by atoms with E-state index in [0.717, 1.165) is 25.1 Å². The lowest BCUT2D eigenvalue weighted by atomic mass is 9.95. The number of hydrogen-bond acceptors (Lipinski definition) is 6. The van der Waals surface area contributed by atoms with Crippen LogP contribution in [0.1, 0.15) is 41.0 Å². The predicted octanol–water partition coefficient (Wildman–Crippen LogP) is 4.77. The molecule has 2 saturated heterocycles. The van der Waals surface area contributed by atoms with E-state index in [4.69, 9.17) is 11.6 Å².